The quantitative estimate of drug-likeness (QED) is 0.837. The van der Waals surface area contributed by atoms with E-state index in [1.54, 1.807) is 7.11 Å². The van der Waals surface area contributed by atoms with Crippen molar-refractivity contribution in [2.45, 2.75) is 26.3 Å². The molecule has 1 aromatic carbocycles. The van der Waals surface area contributed by atoms with Crippen LogP contribution in [-0.2, 0) is 6.54 Å². The van der Waals surface area contributed by atoms with Crippen LogP contribution in [0.15, 0.2) is 16.6 Å². The molecule has 3 nitrogen and oxygen atoms in total. The summed E-state index contributed by atoms with van der Waals surface area (Å²) in [5.74, 6) is 2.37. The van der Waals surface area contributed by atoms with Gasteiger partial charge in [-0.25, -0.2) is 0 Å². The molecule has 0 radical (unpaired) electrons. The summed E-state index contributed by atoms with van der Waals surface area (Å²) >= 11 is 3.57. The third-order valence-electron chi connectivity index (χ3n) is 3.03. The average Bonchev–Trinajstić information content (AvgIpc) is 3.18. The second-order valence-corrected chi connectivity index (χ2v) is 5.50. The Morgan fingerprint density at radius 2 is 2.17 bits per heavy atom. The van der Waals surface area contributed by atoms with Crippen molar-refractivity contribution in [1.82, 2.24) is 5.32 Å². The maximum Gasteiger partial charge on any atom is 0.175 e. The molecule has 1 aromatic rings. The Balaban J connectivity index is 2.11. The molecule has 1 N–H and O–H groups in total. The number of ether oxygens (including phenoxy) is 2. The van der Waals surface area contributed by atoms with Gasteiger partial charge in [-0.3, -0.25) is 0 Å². The van der Waals surface area contributed by atoms with Crippen molar-refractivity contribution in [3.63, 3.8) is 0 Å². The van der Waals surface area contributed by atoms with Gasteiger partial charge in [-0.1, -0.05) is 6.92 Å². The minimum atomic E-state index is 0.739. The van der Waals surface area contributed by atoms with Crippen LogP contribution in [0.5, 0.6) is 11.5 Å². The molecule has 0 amide bonds. The Bertz CT molecular complexity index is 405. The summed E-state index contributed by atoms with van der Waals surface area (Å²) in [5, 5.41) is 3.31. The largest absolute Gasteiger partial charge is 0.493 e. The van der Waals surface area contributed by atoms with E-state index in [1.807, 2.05) is 6.07 Å². The van der Waals surface area contributed by atoms with E-state index in [4.69, 9.17) is 9.47 Å². The predicted octanol–water partition coefficient (Wildman–Crippen LogP) is 3.36. The standard InChI is InChI=1S/C14H20BrNO2/c1-3-16-8-11-6-12(15)14(13(7-11)17-2)18-9-10-4-5-10/h6-7,10,16H,3-5,8-9H2,1-2H3. The van der Waals surface area contributed by atoms with Crippen molar-refractivity contribution in [2.24, 2.45) is 5.92 Å². The summed E-state index contributed by atoms with van der Waals surface area (Å²) in [6, 6.07) is 4.13. The van der Waals surface area contributed by atoms with Crippen molar-refractivity contribution in [2.75, 3.05) is 20.3 Å². The van der Waals surface area contributed by atoms with Crippen LogP contribution in [-0.4, -0.2) is 20.3 Å². The van der Waals surface area contributed by atoms with E-state index in [2.05, 4.69) is 34.2 Å². The third kappa shape index (κ3) is 3.62. The van der Waals surface area contributed by atoms with Crippen LogP contribution in [0.2, 0.25) is 0 Å². The fourth-order valence-electron chi connectivity index (χ4n) is 1.77. The van der Waals surface area contributed by atoms with Gasteiger partial charge in [0.2, 0.25) is 0 Å². The smallest absolute Gasteiger partial charge is 0.175 e. The van der Waals surface area contributed by atoms with Crippen LogP contribution in [0.3, 0.4) is 0 Å². The molecule has 18 heavy (non-hydrogen) atoms. The second-order valence-electron chi connectivity index (χ2n) is 4.64. The van der Waals surface area contributed by atoms with E-state index in [0.717, 1.165) is 41.6 Å². The lowest BCUT2D eigenvalue weighted by atomic mass is 10.2. The molecule has 0 aliphatic heterocycles. The molecule has 0 aromatic heterocycles. The van der Waals surface area contributed by atoms with Crippen molar-refractivity contribution < 1.29 is 9.47 Å². The first kappa shape index (κ1) is 13.7. The molecule has 1 aliphatic rings. The zero-order chi connectivity index (χ0) is 13.0. The van der Waals surface area contributed by atoms with Gasteiger partial charge in [-0.15, -0.1) is 0 Å². The molecule has 0 saturated heterocycles. The Hall–Kier alpha value is -0.740. The monoisotopic (exact) mass is 313 g/mol. The van der Waals surface area contributed by atoms with E-state index in [1.165, 1.54) is 18.4 Å². The Kier molecular flexibility index (Phi) is 4.89. The topological polar surface area (TPSA) is 30.5 Å². The van der Waals surface area contributed by atoms with Gasteiger partial charge in [0.05, 0.1) is 18.2 Å². The van der Waals surface area contributed by atoms with E-state index in [-0.39, 0.29) is 0 Å². The highest BCUT2D eigenvalue weighted by atomic mass is 79.9. The molecule has 0 atom stereocenters. The van der Waals surface area contributed by atoms with Gasteiger partial charge in [-0.2, -0.15) is 0 Å². The molecule has 1 aliphatic carbocycles. The molecule has 100 valence electrons. The second kappa shape index (κ2) is 6.43. The van der Waals surface area contributed by atoms with Crippen molar-refractivity contribution in [3.05, 3.63) is 22.2 Å². The molecular formula is C14H20BrNO2. The van der Waals surface area contributed by atoms with E-state index in [0.29, 0.717) is 0 Å². The number of hydrogen-bond donors (Lipinski definition) is 1. The molecule has 1 fully saturated rings. The summed E-state index contributed by atoms with van der Waals surface area (Å²) < 4.78 is 12.2. The first-order valence-corrected chi connectivity index (χ1v) is 7.23. The van der Waals surface area contributed by atoms with Gasteiger partial charge >= 0.3 is 0 Å². The van der Waals surface area contributed by atoms with Gasteiger partial charge in [0.15, 0.2) is 11.5 Å². The highest BCUT2D eigenvalue weighted by Crippen LogP contribution is 2.38. The maximum atomic E-state index is 5.85. The lowest BCUT2D eigenvalue weighted by Gasteiger charge is -2.14. The lowest BCUT2D eigenvalue weighted by molar-refractivity contribution is 0.278. The average molecular weight is 314 g/mol. The zero-order valence-electron chi connectivity index (χ0n) is 11.0. The summed E-state index contributed by atoms with van der Waals surface area (Å²) in [4.78, 5) is 0. The maximum absolute atomic E-state index is 5.85. The Labute approximate surface area is 117 Å². The Morgan fingerprint density at radius 1 is 1.39 bits per heavy atom. The number of benzene rings is 1. The number of nitrogens with one attached hydrogen (secondary N) is 1. The van der Waals surface area contributed by atoms with E-state index < -0.39 is 0 Å². The predicted molar refractivity (Wildman–Crippen MR) is 76.3 cm³/mol. The zero-order valence-corrected chi connectivity index (χ0v) is 12.5. The lowest BCUT2D eigenvalue weighted by Crippen LogP contribution is -2.12. The normalized spacial score (nSPS) is 14.6. The van der Waals surface area contributed by atoms with Gasteiger partial charge in [0, 0.05) is 6.54 Å². The fraction of sp³-hybridized carbons (Fsp3) is 0.571. The molecule has 0 unspecified atom stereocenters. The van der Waals surface area contributed by atoms with Crippen LogP contribution in [0.1, 0.15) is 25.3 Å². The fourth-order valence-corrected chi connectivity index (χ4v) is 2.37. The van der Waals surface area contributed by atoms with Crippen LogP contribution < -0.4 is 14.8 Å². The summed E-state index contributed by atoms with van der Waals surface area (Å²) in [5.41, 5.74) is 1.19. The summed E-state index contributed by atoms with van der Waals surface area (Å²) in [6.07, 6.45) is 2.58. The van der Waals surface area contributed by atoms with Crippen LogP contribution >= 0.6 is 15.9 Å². The van der Waals surface area contributed by atoms with Crippen LogP contribution in [0.4, 0.5) is 0 Å². The van der Waals surface area contributed by atoms with Crippen molar-refractivity contribution >= 4 is 15.9 Å². The number of methoxy groups -OCH3 is 1. The van der Waals surface area contributed by atoms with Gasteiger partial charge in [0.25, 0.3) is 0 Å². The van der Waals surface area contributed by atoms with Gasteiger partial charge in [-0.05, 0) is 58.9 Å². The minimum Gasteiger partial charge on any atom is -0.493 e. The molecule has 4 heteroatoms. The van der Waals surface area contributed by atoms with E-state index in [9.17, 15) is 0 Å². The highest BCUT2D eigenvalue weighted by Gasteiger charge is 2.23. The van der Waals surface area contributed by atoms with Crippen LogP contribution in [0.25, 0.3) is 0 Å². The first-order valence-electron chi connectivity index (χ1n) is 6.44. The molecule has 0 bridgehead atoms. The number of hydrogen-bond acceptors (Lipinski definition) is 3. The molecule has 1 saturated carbocycles. The highest BCUT2D eigenvalue weighted by molar-refractivity contribution is 9.10. The first-order chi connectivity index (χ1) is 8.74. The third-order valence-corrected chi connectivity index (χ3v) is 3.62. The van der Waals surface area contributed by atoms with Crippen molar-refractivity contribution in [3.8, 4) is 11.5 Å². The molecule has 2 rings (SSSR count). The minimum absolute atomic E-state index is 0.739. The van der Waals surface area contributed by atoms with E-state index >= 15 is 0 Å². The number of rotatable bonds is 7. The number of halogens is 1. The molecular weight excluding hydrogens is 294 g/mol. The van der Waals surface area contributed by atoms with Gasteiger partial charge in [0.1, 0.15) is 0 Å². The summed E-state index contributed by atoms with van der Waals surface area (Å²) in [7, 11) is 1.68. The SMILES string of the molecule is CCNCc1cc(Br)c(OCC2CC2)c(OC)c1. The summed E-state index contributed by atoms with van der Waals surface area (Å²) in [6.45, 7) is 4.69. The molecule has 0 heterocycles. The Morgan fingerprint density at radius 3 is 2.78 bits per heavy atom. The molecule has 0 spiro atoms. The van der Waals surface area contributed by atoms with Crippen LogP contribution in [0, 0.1) is 5.92 Å². The van der Waals surface area contributed by atoms with Gasteiger partial charge < -0.3 is 14.8 Å². The van der Waals surface area contributed by atoms with Crippen molar-refractivity contribution in [1.29, 1.82) is 0 Å².